The molecule has 0 spiro atoms. The molecule has 0 saturated carbocycles. The molecule has 1 aromatic rings. The Kier molecular flexibility index (Phi) is 7.17. The summed E-state index contributed by atoms with van der Waals surface area (Å²) in [6, 6.07) is 2.85. The fraction of sp³-hybridized carbons (Fsp3) is 0.714. The maximum absolute atomic E-state index is 6.05. The third-order valence-corrected chi connectivity index (χ3v) is 4.43. The van der Waals surface area contributed by atoms with E-state index in [1.807, 2.05) is 0 Å². The summed E-state index contributed by atoms with van der Waals surface area (Å²) in [5.41, 5.74) is 1.23. The molecule has 0 bridgehead atoms. The van der Waals surface area contributed by atoms with Gasteiger partial charge in [0.1, 0.15) is 0 Å². The number of hydrogen-bond acceptors (Lipinski definition) is 2. The maximum Gasteiger partial charge on any atom is 0.0960 e. The van der Waals surface area contributed by atoms with Crippen molar-refractivity contribution < 1.29 is 0 Å². The third kappa shape index (κ3) is 6.44. The lowest BCUT2D eigenvalue weighted by atomic mass is 10.1. The first-order valence-corrected chi connectivity index (χ1v) is 7.77. The first-order chi connectivity index (χ1) is 8.09. The molecule has 0 aliphatic rings. The Morgan fingerprint density at radius 3 is 2.53 bits per heavy atom. The van der Waals surface area contributed by atoms with Crippen LogP contribution >= 0.6 is 22.9 Å². The summed E-state index contributed by atoms with van der Waals surface area (Å²) in [7, 11) is 0. The third-order valence-electron chi connectivity index (χ3n) is 2.81. The molecular formula is C14H24ClNS. The predicted molar refractivity (Wildman–Crippen MR) is 79.4 cm³/mol. The van der Waals surface area contributed by atoms with Crippen molar-refractivity contribution in [3.05, 3.63) is 20.8 Å². The smallest absolute Gasteiger partial charge is 0.0960 e. The predicted octanol–water partition coefficient (Wildman–Crippen LogP) is 4.81. The molecule has 0 radical (unpaired) electrons. The molecule has 0 atom stereocenters. The summed E-state index contributed by atoms with van der Waals surface area (Å²) < 4.78 is 0.959. The zero-order valence-corrected chi connectivity index (χ0v) is 12.8. The number of hydrogen-bond donors (Lipinski definition) is 1. The molecule has 0 fully saturated rings. The second-order valence-corrected chi connectivity index (χ2v) is 6.68. The summed E-state index contributed by atoms with van der Waals surface area (Å²) in [6.45, 7) is 7.63. The van der Waals surface area contributed by atoms with E-state index in [9.17, 15) is 0 Å². The van der Waals surface area contributed by atoms with E-state index in [1.54, 1.807) is 11.3 Å². The van der Waals surface area contributed by atoms with Crippen LogP contribution in [0, 0.1) is 6.92 Å². The van der Waals surface area contributed by atoms with Crippen LogP contribution in [0.2, 0.25) is 4.34 Å². The molecule has 1 rings (SSSR count). The lowest BCUT2D eigenvalue weighted by Crippen LogP contribution is -2.23. The van der Waals surface area contributed by atoms with E-state index >= 15 is 0 Å². The average Bonchev–Trinajstić information content (AvgIpc) is 2.56. The van der Waals surface area contributed by atoms with Crippen LogP contribution in [0.1, 0.15) is 50.0 Å². The Labute approximate surface area is 115 Å². The van der Waals surface area contributed by atoms with Crippen LogP contribution in [-0.4, -0.2) is 12.6 Å². The van der Waals surface area contributed by atoms with E-state index in [2.05, 4.69) is 32.2 Å². The Morgan fingerprint density at radius 1 is 1.24 bits per heavy atom. The van der Waals surface area contributed by atoms with Crippen LogP contribution in [0.4, 0.5) is 0 Å². The van der Waals surface area contributed by atoms with Crippen LogP contribution in [0.15, 0.2) is 6.07 Å². The molecule has 0 amide bonds. The van der Waals surface area contributed by atoms with Crippen LogP contribution in [0.3, 0.4) is 0 Å². The first-order valence-electron chi connectivity index (χ1n) is 6.58. The highest BCUT2D eigenvalue weighted by atomic mass is 35.5. The molecule has 98 valence electrons. The molecule has 3 heteroatoms. The minimum absolute atomic E-state index is 0.617. The fourth-order valence-corrected chi connectivity index (χ4v) is 3.10. The van der Waals surface area contributed by atoms with Crippen molar-refractivity contribution in [3.63, 3.8) is 0 Å². The van der Waals surface area contributed by atoms with E-state index in [-0.39, 0.29) is 0 Å². The van der Waals surface area contributed by atoms with Gasteiger partial charge in [-0.1, -0.05) is 38.3 Å². The Balaban J connectivity index is 2.01. The highest BCUT2D eigenvalue weighted by molar-refractivity contribution is 7.16. The van der Waals surface area contributed by atoms with Gasteiger partial charge < -0.3 is 5.32 Å². The fourth-order valence-electron chi connectivity index (χ4n) is 1.81. The summed E-state index contributed by atoms with van der Waals surface area (Å²) in [6.07, 6.45) is 6.43. The van der Waals surface area contributed by atoms with Crippen molar-refractivity contribution in [2.24, 2.45) is 0 Å². The molecule has 0 aliphatic carbocycles. The van der Waals surface area contributed by atoms with E-state index in [0.29, 0.717) is 6.04 Å². The first kappa shape index (κ1) is 15.0. The molecule has 1 nitrogen and oxygen atoms in total. The lowest BCUT2D eigenvalue weighted by Gasteiger charge is -2.07. The number of unbranched alkanes of at least 4 members (excludes halogenated alkanes) is 3. The van der Waals surface area contributed by atoms with Gasteiger partial charge in [-0.2, -0.15) is 0 Å². The highest BCUT2D eigenvalue weighted by Crippen LogP contribution is 2.27. The van der Waals surface area contributed by atoms with Gasteiger partial charge in [-0.25, -0.2) is 0 Å². The van der Waals surface area contributed by atoms with Gasteiger partial charge in [-0.3, -0.25) is 0 Å². The van der Waals surface area contributed by atoms with Gasteiger partial charge in [0.25, 0.3) is 0 Å². The van der Waals surface area contributed by atoms with Crippen LogP contribution in [0.25, 0.3) is 0 Å². The van der Waals surface area contributed by atoms with Crippen molar-refractivity contribution >= 4 is 22.9 Å². The monoisotopic (exact) mass is 273 g/mol. The molecular weight excluding hydrogens is 250 g/mol. The van der Waals surface area contributed by atoms with Gasteiger partial charge in [-0.15, -0.1) is 11.3 Å². The van der Waals surface area contributed by atoms with Crippen molar-refractivity contribution in [1.29, 1.82) is 0 Å². The maximum atomic E-state index is 6.05. The van der Waals surface area contributed by atoms with Gasteiger partial charge in [0.2, 0.25) is 0 Å². The highest BCUT2D eigenvalue weighted by Gasteiger charge is 2.02. The van der Waals surface area contributed by atoms with E-state index in [1.165, 1.54) is 42.5 Å². The topological polar surface area (TPSA) is 12.0 Å². The van der Waals surface area contributed by atoms with Gasteiger partial charge in [0.15, 0.2) is 0 Å². The Bertz CT molecular complexity index is 301. The van der Waals surface area contributed by atoms with Crippen LogP contribution in [-0.2, 0) is 6.42 Å². The summed E-state index contributed by atoms with van der Waals surface area (Å²) in [5, 5.41) is 3.45. The van der Waals surface area contributed by atoms with Crippen molar-refractivity contribution in [2.75, 3.05) is 6.54 Å². The van der Waals surface area contributed by atoms with Crippen LogP contribution in [0.5, 0.6) is 0 Å². The molecule has 0 saturated heterocycles. The average molecular weight is 274 g/mol. The zero-order valence-electron chi connectivity index (χ0n) is 11.2. The molecule has 1 aromatic heterocycles. The summed E-state index contributed by atoms with van der Waals surface area (Å²) in [5.74, 6) is 0. The minimum Gasteiger partial charge on any atom is -0.315 e. The van der Waals surface area contributed by atoms with Gasteiger partial charge >= 0.3 is 0 Å². The lowest BCUT2D eigenvalue weighted by molar-refractivity contribution is 0.542. The minimum atomic E-state index is 0.617. The van der Waals surface area contributed by atoms with Crippen molar-refractivity contribution in [1.82, 2.24) is 5.32 Å². The van der Waals surface area contributed by atoms with E-state index in [0.717, 1.165) is 10.9 Å². The van der Waals surface area contributed by atoms with Crippen molar-refractivity contribution in [2.45, 2.75) is 58.9 Å². The number of thiophene rings is 1. The summed E-state index contributed by atoms with van der Waals surface area (Å²) in [4.78, 5) is 1.44. The normalized spacial score (nSPS) is 11.4. The second kappa shape index (κ2) is 8.12. The summed E-state index contributed by atoms with van der Waals surface area (Å²) >= 11 is 7.79. The van der Waals surface area contributed by atoms with Gasteiger partial charge in [0.05, 0.1) is 4.34 Å². The number of nitrogens with one attached hydrogen (secondary N) is 1. The number of aryl methyl sites for hydroxylation is 2. The molecule has 0 aliphatic heterocycles. The zero-order chi connectivity index (χ0) is 12.7. The number of halogens is 1. The van der Waals surface area contributed by atoms with E-state index < -0.39 is 0 Å². The Hall–Kier alpha value is -0.0500. The molecule has 0 aromatic carbocycles. The Morgan fingerprint density at radius 2 is 1.94 bits per heavy atom. The standard InChI is InChI=1S/C14H24ClNS/c1-11(2)16-9-7-5-4-6-8-13-10-12(3)14(15)17-13/h10-11,16H,4-9H2,1-3H3. The van der Waals surface area contributed by atoms with E-state index in [4.69, 9.17) is 11.6 Å². The molecule has 1 heterocycles. The van der Waals surface area contributed by atoms with Gasteiger partial charge in [0, 0.05) is 10.9 Å². The quantitative estimate of drug-likeness (QED) is 0.670. The SMILES string of the molecule is Cc1cc(CCCCCCNC(C)C)sc1Cl. The molecule has 0 unspecified atom stereocenters. The van der Waals surface area contributed by atoms with Crippen LogP contribution < -0.4 is 5.32 Å². The van der Waals surface area contributed by atoms with Gasteiger partial charge in [-0.05, 0) is 44.4 Å². The number of rotatable bonds is 8. The molecule has 1 N–H and O–H groups in total. The molecule has 17 heavy (non-hydrogen) atoms. The second-order valence-electron chi connectivity index (χ2n) is 4.94. The van der Waals surface area contributed by atoms with Crippen molar-refractivity contribution in [3.8, 4) is 0 Å². The largest absolute Gasteiger partial charge is 0.315 e.